The Morgan fingerprint density at radius 2 is 2.11 bits per heavy atom. The minimum absolute atomic E-state index is 0.133. The monoisotopic (exact) mass is 398 g/mol. The molecular weight excluding hydrogens is 376 g/mol. The molecule has 3 aromatic rings. The fraction of sp³-hybridized carbons (Fsp3) is 0.333. The van der Waals surface area contributed by atoms with Crippen LogP contribution in [-0.2, 0) is 11.2 Å². The molecule has 0 radical (unpaired) electrons. The molecule has 1 aliphatic rings. The Bertz CT molecular complexity index is 970. The van der Waals surface area contributed by atoms with Crippen LogP contribution in [0.5, 0.6) is 5.75 Å². The van der Waals surface area contributed by atoms with E-state index in [9.17, 15) is 4.79 Å². The third kappa shape index (κ3) is 3.98. The highest BCUT2D eigenvalue weighted by atomic mass is 35.5. The van der Waals surface area contributed by atoms with Gasteiger partial charge in [-0.25, -0.2) is 4.98 Å². The maximum Gasteiger partial charge on any atom is 0.223 e. The van der Waals surface area contributed by atoms with Gasteiger partial charge in [-0.2, -0.15) is 0 Å². The van der Waals surface area contributed by atoms with Crippen LogP contribution in [0.15, 0.2) is 42.5 Å². The highest BCUT2D eigenvalue weighted by Crippen LogP contribution is 2.23. The van der Waals surface area contributed by atoms with Gasteiger partial charge in [-0.3, -0.25) is 4.79 Å². The first-order valence-electron chi connectivity index (χ1n) is 9.42. The predicted octanol–water partition coefficient (Wildman–Crippen LogP) is 3.33. The Morgan fingerprint density at radius 1 is 1.29 bits per heavy atom. The average Bonchev–Trinajstić information content (AvgIpc) is 3.17. The number of rotatable bonds is 5. The number of aromatic amines is 1. The van der Waals surface area contributed by atoms with Gasteiger partial charge in [-0.1, -0.05) is 29.8 Å². The van der Waals surface area contributed by atoms with Gasteiger partial charge in [0.1, 0.15) is 17.1 Å². The van der Waals surface area contributed by atoms with Crippen LogP contribution in [0, 0.1) is 0 Å². The van der Waals surface area contributed by atoms with Crippen molar-refractivity contribution in [2.24, 2.45) is 0 Å². The van der Waals surface area contributed by atoms with Crippen LogP contribution < -0.4 is 10.1 Å². The molecule has 28 heavy (non-hydrogen) atoms. The van der Waals surface area contributed by atoms with Crippen molar-refractivity contribution >= 4 is 28.5 Å². The molecule has 1 fully saturated rings. The van der Waals surface area contributed by atoms with Crippen LogP contribution in [0.1, 0.15) is 23.9 Å². The molecule has 0 spiro atoms. The SMILES string of the molecule is COc1ccc(C2CN(C(=O)CCc3nc4c(Cl)cccc4[nH]3)CCN2)cc1. The zero-order chi connectivity index (χ0) is 19.5. The van der Waals surface area contributed by atoms with Crippen molar-refractivity contribution in [2.75, 3.05) is 26.7 Å². The lowest BCUT2D eigenvalue weighted by Gasteiger charge is -2.34. The molecule has 0 aliphatic carbocycles. The number of aromatic nitrogens is 2. The van der Waals surface area contributed by atoms with Gasteiger partial charge in [0, 0.05) is 38.5 Å². The van der Waals surface area contributed by atoms with Gasteiger partial charge in [0.15, 0.2) is 0 Å². The fourth-order valence-corrected chi connectivity index (χ4v) is 3.80. The van der Waals surface area contributed by atoms with E-state index < -0.39 is 0 Å². The first kappa shape index (κ1) is 18.8. The second kappa shape index (κ2) is 8.20. The third-order valence-electron chi connectivity index (χ3n) is 5.13. The third-order valence-corrected chi connectivity index (χ3v) is 5.44. The maximum atomic E-state index is 12.7. The smallest absolute Gasteiger partial charge is 0.223 e. The lowest BCUT2D eigenvalue weighted by Crippen LogP contribution is -2.48. The highest BCUT2D eigenvalue weighted by Gasteiger charge is 2.24. The number of para-hydroxylation sites is 1. The summed E-state index contributed by atoms with van der Waals surface area (Å²) in [7, 11) is 1.66. The summed E-state index contributed by atoms with van der Waals surface area (Å²) < 4.78 is 5.22. The number of imidazole rings is 1. The largest absolute Gasteiger partial charge is 0.497 e. The molecule has 6 nitrogen and oxygen atoms in total. The molecule has 2 N–H and O–H groups in total. The number of fused-ring (bicyclic) bond motifs is 1. The number of methoxy groups -OCH3 is 1. The van der Waals surface area contributed by atoms with Crippen molar-refractivity contribution in [3.05, 3.63) is 58.9 Å². The topological polar surface area (TPSA) is 70.2 Å². The first-order valence-corrected chi connectivity index (χ1v) is 9.80. The molecule has 1 unspecified atom stereocenters. The number of aryl methyl sites for hydroxylation is 1. The van der Waals surface area contributed by atoms with Crippen LogP contribution in [0.3, 0.4) is 0 Å². The van der Waals surface area contributed by atoms with E-state index in [1.54, 1.807) is 7.11 Å². The van der Waals surface area contributed by atoms with Crippen molar-refractivity contribution in [3.8, 4) is 5.75 Å². The summed E-state index contributed by atoms with van der Waals surface area (Å²) in [5.41, 5.74) is 2.82. The Balaban J connectivity index is 1.37. The zero-order valence-electron chi connectivity index (χ0n) is 15.7. The average molecular weight is 399 g/mol. The van der Waals surface area contributed by atoms with Gasteiger partial charge >= 0.3 is 0 Å². The van der Waals surface area contributed by atoms with Crippen LogP contribution >= 0.6 is 11.6 Å². The maximum absolute atomic E-state index is 12.7. The van der Waals surface area contributed by atoms with Crippen molar-refractivity contribution in [1.29, 1.82) is 0 Å². The summed E-state index contributed by atoms with van der Waals surface area (Å²) in [6, 6.07) is 13.8. The number of piperazine rings is 1. The number of hydrogen-bond acceptors (Lipinski definition) is 4. The molecule has 146 valence electrons. The van der Waals surface area contributed by atoms with Crippen molar-refractivity contribution in [2.45, 2.75) is 18.9 Å². The van der Waals surface area contributed by atoms with Crippen molar-refractivity contribution < 1.29 is 9.53 Å². The molecule has 1 amide bonds. The first-order chi connectivity index (χ1) is 13.6. The predicted molar refractivity (Wildman–Crippen MR) is 110 cm³/mol. The van der Waals surface area contributed by atoms with E-state index in [0.717, 1.165) is 41.3 Å². The summed E-state index contributed by atoms with van der Waals surface area (Å²) in [5, 5.41) is 4.11. The Hall–Kier alpha value is -2.57. The Labute approximate surface area is 168 Å². The Kier molecular flexibility index (Phi) is 5.50. The molecule has 7 heteroatoms. The van der Waals surface area contributed by atoms with Crippen LogP contribution in [0.4, 0.5) is 0 Å². The normalized spacial score (nSPS) is 17.1. The molecule has 1 aliphatic heterocycles. The number of benzene rings is 2. The number of halogens is 1. The molecule has 2 heterocycles. The molecule has 1 atom stereocenters. The van der Waals surface area contributed by atoms with Gasteiger partial charge in [0.25, 0.3) is 0 Å². The second-order valence-corrected chi connectivity index (χ2v) is 7.35. The van der Waals surface area contributed by atoms with Crippen LogP contribution in [0.2, 0.25) is 5.02 Å². The van der Waals surface area contributed by atoms with E-state index in [0.29, 0.717) is 24.4 Å². The van der Waals surface area contributed by atoms with Gasteiger partial charge in [0.2, 0.25) is 5.91 Å². The van der Waals surface area contributed by atoms with E-state index in [-0.39, 0.29) is 11.9 Å². The molecule has 1 aromatic heterocycles. The number of amides is 1. The summed E-state index contributed by atoms with van der Waals surface area (Å²) >= 11 is 6.18. The lowest BCUT2D eigenvalue weighted by molar-refractivity contribution is -0.132. The minimum atomic E-state index is 0.133. The summed E-state index contributed by atoms with van der Waals surface area (Å²) in [6.45, 7) is 2.16. The van der Waals surface area contributed by atoms with Gasteiger partial charge in [-0.15, -0.1) is 0 Å². The second-order valence-electron chi connectivity index (χ2n) is 6.94. The molecule has 4 rings (SSSR count). The van der Waals surface area contributed by atoms with Crippen molar-refractivity contribution in [3.63, 3.8) is 0 Å². The summed E-state index contributed by atoms with van der Waals surface area (Å²) in [6.07, 6.45) is 0.994. The molecular formula is C21H23ClN4O2. The van der Waals surface area contributed by atoms with E-state index in [4.69, 9.17) is 16.3 Å². The lowest BCUT2D eigenvalue weighted by atomic mass is 10.0. The van der Waals surface area contributed by atoms with E-state index in [2.05, 4.69) is 15.3 Å². The number of nitrogens with one attached hydrogen (secondary N) is 2. The van der Waals surface area contributed by atoms with Gasteiger partial charge in [0.05, 0.1) is 17.6 Å². The highest BCUT2D eigenvalue weighted by molar-refractivity contribution is 6.34. The van der Waals surface area contributed by atoms with Crippen molar-refractivity contribution in [1.82, 2.24) is 20.2 Å². The fourth-order valence-electron chi connectivity index (χ4n) is 3.59. The number of ether oxygens (including phenoxy) is 1. The van der Waals surface area contributed by atoms with Gasteiger partial charge in [-0.05, 0) is 29.8 Å². The molecule has 0 saturated carbocycles. The van der Waals surface area contributed by atoms with Crippen LogP contribution in [0.25, 0.3) is 11.0 Å². The van der Waals surface area contributed by atoms with E-state index in [1.165, 1.54) is 0 Å². The van der Waals surface area contributed by atoms with Gasteiger partial charge < -0.3 is 19.9 Å². The van der Waals surface area contributed by atoms with E-state index in [1.807, 2.05) is 47.4 Å². The number of carbonyl (C=O) groups excluding carboxylic acids is 1. The molecule has 0 bridgehead atoms. The number of H-pyrrole nitrogens is 1. The molecule has 1 saturated heterocycles. The summed E-state index contributed by atoms with van der Waals surface area (Å²) in [4.78, 5) is 22.4. The Morgan fingerprint density at radius 3 is 2.86 bits per heavy atom. The number of carbonyl (C=O) groups is 1. The summed E-state index contributed by atoms with van der Waals surface area (Å²) in [5.74, 6) is 1.77. The quantitative estimate of drug-likeness (QED) is 0.691. The zero-order valence-corrected chi connectivity index (χ0v) is 16.5. The standard InChI is InChI=1S/C21H23ClN4O2/c1-28-15-7-5-14(6-8-15)18-13-26(12-11-23-18)20(27)10-9-19-24-17-4-2-3-16(22)21(17)25-19/h2-8,18,23H,9-13H2,1H3,(H,24,25). The molecule has 2 aromatic carbocycles. The van der Waals surface area contributed by atoms with Crippen LogP contribution in [-0.4, -0.2) is 47.5 Å². The van der Waals surface area contributed by atoms with E-state index >= 15 is 0 Å². The number of nitrogens with zero attached hydrogens (tertiary/aromatic N) is 2. The minimum Gasteiger partial charge on any atom is -0.497 e. The number of hydrogen-bond donors (Lipinski definition) is 2.